The van der Waals surface area contributed by atoms with Gasteiger partial charge >= 0.3 is 5.97 Å². The van der Waals surface area contributed by atoms with Crippen LogP contribution in [0, 0.1) is 0 Å². The number of nitrogens with one attached hydrogen (secondary N) is 3. The predicted octanol–water partition coefficient (Wildman–Crippen LogP) is -4.38. The minimum Gasteiger partial charge on any atom is -0.480 e. The van der Waals surface area contributed by atoms with E-state index in [0.29, 0.717) is 19.4 Å². The van der Waals surface area contributed by atoms with Gasteiger partial charge in [-0.25, -0.2) is 4.79 Å². The molecule has 0 aromatic heterocycles. The third kappa shape index (κ3) is 11.0. The van der Waals surface area contributed by atoms with Crippen LogP contribution in [0.1, 0.15) is 39.0 Å². The van der Waals surface area contributed by atoms with Gasteiger partial charge in [0.2, 0.25) is 23.6 Å². The molecule has 0 aliphatic rings. The largest absolute Gasteiger partial charge is 0.480 e. The van der Waals surface area contributed by atoms with Crippen LogP contribution in [0.2, 0.25) is 0 Å². The topological polar surface area (TPSA) is 260 Å². The number of carboxylic acids is 1. The van der Waals surface area contributed by atoms with Crippen LogP contribution in [0.15, 0.2) is 0 Å². The number of amides is 4. The van der Waals surface area contributed by atoms with E-state index in [2.05, 4.69) is 16.0 Å². The summed E-state index contributed by atoms with van der Waals surface area (Å²) in [4.78, 5) is 59.7. The molecule has 0 rings (SSSR count). The fourth-order valence-corrected chi connectivity index (χ4v) is 2.59. The van der Waals surface area contributed by atoms with Gasteiger partial charge in [-0.2, -0.15) is 0 Å². The molecule has 0 bridgehead atoms. The van der Waals surface area contributed by atoms with E-state index >= 15 is 0 Å². The molecule has 4 amide bonds. The van der Waals surface area contributed by atoms with Crippen molar-refractivity contribution in [1.82, 2.24) is 16.0 Å². The zero-order valence-corrected chi connectivity index (χ0v) is 18.0. The van der Waals surface area contributed by atoms with Crippen LogP contribution in [-0.2, 0) is 24.0 Å². The van der Waals surface area contributed by atoms with E-state index in [1.54, 1.807) is 0 Å². The zero-order chi connectivity index (χ0) is 24.8. The smallest absolute Gasteiger partial charge is 0.328 e. The summed E-state index contributed by atoms with van der Waals surface area (Å²) < 4.78 is 0. The SMILES string of the molecule is CC(O)C(NC(=O)C(CCCCN)NC(=O)C(CCC(N)=O)NC(=O)C(N)CO)C(=O)O. The second-order valence-corrected chi connectivity index (χ2v) is 7.27. The van der Waals surface area contributed by atoms with Crippen molar-refractivity contribution in [3.05, 3.63) is 0 Å². The summed E-state index contributed by atoms with van der Waals surface area (Å²) in [5.74, 6) is -4.77. The molecule has 0 aliphatic heterocycles. The number of aliphatic hydroxyl groups is 2. The molecule has 0 fully saturated rings. The molecule has 5 atom stereocenters. The second-order valence-electron chi connectivity index (χ2n) is 7.27. The second kappa shape index (κ2) is 15.1. The lowest BCUT2D eigenvalue weighted by molar-refractivity contribution is -0.145. The first-order chi connectivity index (χ1) is 14.9. The molecule has 0 aliphatic carbocycles. The fourth-order valence-electron chi connectivity index (χ4n) is 2.59. The summed E-state index contributed by atoms with van der Waals surface area (Å²) in [5, 5.41) is 34.6. The summed E-state index contributed by atoms with van der Waals surface area (Å²) in [5.41, 5.74) is 16.0. The standard InChI is InChI=1S/C18H34N6O8/c1-9(26)14(18(31)32)24-17(30)11(4-2-3-7-19)23-16(29)12(5-6-13(21)27)22-15(28)10(20)8-25/h9-12,14,25-26H,2-8,19-20H2,1H3,(H2,21,27)(H,22,28)(H,23,29)(H,24,30)(H,31,32). The number of carbonyl (C=O) groups excluding carboxylic acids is 4. The van der Waals surface area contributed by atoms with Crippen molar-refractivity contribution < 1.29 is 39.3 Å². The van der Waals surface area contributed by atoms with Crippen molar-refractivity contribution in [2.24, 2.45) is 17.2 Å². The average molecular weight is 463 g/mol. The Morgan fingerprint density at radius 2 is 1.44 bits per heavy atom. The van der Waals surface area contributed by atoms with Gasteiger partial charge < -0.3 is 48.5 Å². The van der Waals surface area contributed by atoms with Crippen LogP contribution in [0.4, 0.5) is 0 Å². The van der Waals surface area contributed by atoms with Gasteiger partial charge in [0.05, 0.1) is 12.7 Å². The highest BCUT2D eigenvalue weighted by molar-refractivity contribution is 5.94. The van der Waals surface area contributed by atoms with E-state index < -0.39 is 66.5 Å². The molecule has 0 heterocycles. The Hall–Kier alpha value is -2.81. The van der Waals surface area contributed by atoms with Crippen LogP contribution in [0.5, 0.6) is 0 Å². The average Bonchev–Trinajstić information content (AvgIpc) is 2.72. The maximum atomic E-state index is 12.8. The first-order valence-corrected chi connectivity index (χ1v) is 10.1. The highest BCUT2D eigenvalue weighted by Crippen LogP contribution is 2.06. The fraction of sp³-hybridized carbons (Fsp3) is 0.722. The number of aliphatic hydroxyl groups excluding tert-OH is 2. The van der Waals surface area contributed by atoms with E-state index in [1.807, 2.05) is 0 Å². The number of nitrogens with two attached hydrogens (primary N) is 3. The Morgan fingerprint density at radius 3 is 1.91 bits per heavy atom. The van der Waals surface area contributed by atoms with Crippen molar-refractivity contribution >= 4 is 29.6 Å². The summed E-state index contributed by atoms with van der Waals surface area (Å²) >= 11 is 0. The number of rotatable bonds is 16. The van der Waals surface area contributed by atoms with Gasteiger partial charge in [-0.1, -0.05) is 0 Å². The van der Waals surface area contributed by atoms with Gasteiger partial charge in [0.1, 0.15) is 18.1 Å². The number of unbranched alkanes of at least 4 members (excludes halogenated alkanes) is 1. The van der Waals surface area contributed by atoms with Gasteiger partial charge in [-0.3, -0.25) is 19.2 Å². The molecule has 0 spiro atoms. The molecule has 14 nitrogen and oxygen atoms in total. The monoisotopic (exact) mass is 462 g/mol. The normalized spacial score (nSPS) is 15.5. The number of carbonyl (C=O) groups is 5. The van der Waals surface area contributed by atoms with Crippen molar-refractivity contribution in [3.63, 3.8) is 0 Å². The van der Waals surface area contributed by atoms with E-state index in [0.717, 1.165) is 0 Å². The number of hydrogen-bond acceptors (Lipinski definition) is 9. The lowest BCUT2D eigenvalue weighted by atomic mass is 10.0. The van der Waals surface area contributed by atoms with Crippen LogP contribution in [-0.4, -0.2) is 88.3 Å². The van der Waals surface area contributed by atoms with Gasteiger partial charge in [-0.15, -0.1) is 0 Å². The first-order valence-electron chi connectivity index (χ1n) is 10.1. The van der Waals surface area contributed by atoms with Crippen molar-refractivity contribution in [3.8, 4) is 0 Å². The molecule has 5 unspecified atom stereocenters. The maximum Gasteiger partial charge on any atom is 0.328 e. The number of carboxylic acid groups (broad SMARTS) is 1. The molecule has 0 radical (unpaired) electrons. The summed E-state index contributed by atoms with van der Waals surface area (Å²) in [6.07, 6.45) is -0.846. The minimum atomic E-state index is -1.61. The zero-order valence-electron chi connectivity index (χ0n) is 18.0. The Bertz CT molecular complexity index is 659. The number of hydrogen-bond donors (Lipinski definition) is 9. The number of aliphatic carboxylic acids is 1. The Morgan fingerprint density at radius 1 is 0.906 bits per heavy atom. The van der Waals surface area contributed by atoms with Crippen LogP contribution in [0.25, 0.3) is 0 Å². The Balaban J connectivity index is 5.50. The molecular formula is C18H34N6O8. The third-order valence-corrected chi connectivity index (χ3v) is 4.47. The lowest BCUT2D eigenvalue weighted by Gasteiger charge is -2.25. The molecular weight excluding hydrogens is 428 g/mol. The summed E-state index contributed by atoms with van der Waals surface area (Å²) in [6, 6.07) is -5.44. The van der Waals surface area contributed by atoms with Crippen molar-refractivity contribution in [1.29, 1.82) is 0 Å². The van der Waals surface area contributed by atoms with Crippen LogP contribution < -0.4 is 33.2 Å². The third-order valence-electron chi connectivity index (χ3n) is 4.47. The van der Waals surface area contributed by atoms with E-state index in [4.69, 9.17) is 27.4 Å². The van der Waals surface area contributed by atoms with E-state index in [9.17, 15) is 29.1 Å². The maximum absolute atomic E-state index is 12.8. The Labute approximate surface area is 185 Å². The molecule has 12 N–H and O–H groups in total. The summed E-state index contributed by atoms with van der Waals surface area (Å²) in [7, 11) is 0. The first kappa shape index (κ1) is 29.2. The highest BCUT2D eigenvalue weighted by atomic mass is 16.4. The Kier molecular flexibility index (Phi) is 13.7. The quantitative estimate of drug-likeness (QED) is 0.0994. The number of primary amides is 1. The summed E-state index contributed by atoms with van der Waals surface area (Å²) in [6.45, 7) is 0.820. The van der Waals surface area contributed by atoms with Crippen molar-refractivity contribution in [2.45, 2.75) is 69.3 Å². The van der Waals surface area contributed by atoms with Gasteiger partial charge in [-0.05, 0) is 39.2 Å². The molecule has 32 heavy (non-hydrogen) atoms. The van der Waals surface area contributed by atoms with Crippen LogP contribution >= 0.6 is 0 Å². The van der Waals surface area contributed by atoms with E-state index in [-0.39, 0.29) is 19.3 Å². The van der Waals surface area contributed by atoms with Crippen molar-refractivity contribution in [2.75, 3.05) is 13.2 Å². The van der Waals surface area contributed by atoms with Crippen LogP contribution in [0.3, 0.4) is 0 Å². The molecule has 0 saturated carbocycles. The van der Waals surface area contributed by atoms with Gasteiger partial charge in [0.25, 0.3) is 0 Å². The highest BCUT2D eigenvalue weighted by Gasteiger charge is 2.31. The molecule has 0 aromatic carbocycles. The van der Waals surface area contributed by atoms with Gasteiger partial charge in [0.15, 0.2) is 6.04 Å². The minimum absolute atomic E-state index is 0.0908. The lowest BCUT2D eigenvalue weighted by Crippen LogP contribution is -2.58. The predicted molar refractivity (Wildman–Crippen MR) is 112 cm³/mol. The molecule has 0 aromatic rings. The molecule has 14 heteroatoms. The van der Waals surface area contributed by atoms with Gasteiger partial charge in [0, 0.05) is 6.42 Å². The molecule has 184 valence electrons. The van der Waals surface area contributed by atoms with E-state index in [1.165, 1.54) is 6.92 Å². The molecule has 0 saturated heterocycles.